The van der Waals surface area contributed by atoms with E-state index in [1.54, 1.807) is 40.7 Å². The highest BCUT2D eigenvalue weighted by atomic mass is 32.1. The van der Waals surface area contributed by atoms with Crippen LogP contribution < -0.4 is 11.0 Å². The van der Waals surface area contributed by atoms with Crippen LogP contribution in [0.4, 0.5) is 5.00 Å². The topological polar surface area (TPSA) is 117 Å². The highest BCUT2D eigenvalue weighted by Crippen LogP contribution is 2.34. The second kappa shape index (κ2) is 9.46. The lowest BCUT2D eigenvalue weighted by Gasteiger charge is -2.10. The average Bonchev–Trinajstić information content (AvgIpc) is 2.94. The third kappa shape index (κ3) is 5.08. The normalized spacial score (nSPS) is 10.5. The standard InChI is InChI=1S/C19H23N3O6S/c1-6-27-17(24)14-12(5)15(18(25)28-7-2)29-16(14)21-13(23)9-22-11(4)8-10(3)20-19(22)26/h8H,6-7,9H2,1-5H3,(H,21,23). The number of carbonyl (C=O) groups is 3. The smallest absolute Gasteiger partial charge is 0.348 e. The fourth-order valence-corrected chi connectivity index (χ4v) is 3.82. The highest BCUT2D eigenvalue weighted by molar-refractivity contribution is 7.18. The van der Waals surface area contributed by atoms with Crippen LogP contribution in [0.2, 0.25) is 0 Å². The third-order valence-electron chi connectivity index (χ3n) is 3.99. The van der Waals surface area contributed by atoms with Crippen LogP contribution in [0.1, 0.15) is 50.8 Å². The third-order valence-corrected chi connectivity index (χ3v) is 5.18. The molecule has 10 heteroatoms. The number of thiophene rings is 1. The molecule has 9 nitrogen and oxygen atoms in total. The van der Waals surface area contributed by atoms with Gasteiger partial charge in [-0.3, -0.25) is 9.36 Å². The molecule has 2 rings (SSSR count). The van der Waals surface area contributed by atoms with Crippen molar-refractivity contribution in [2.45, 2.75) is 41.2 Å². The maximum absolute atomic E-state index is 12.6. The molecule has 0 aliphatic heterocycles. The van der Waals surface area contributed by atoms with E-state index in [1.165, 1.54) is 4.57 Å². The zero-order valence-electron chi connectivity index (χ0n) is 17.0. The molecule has 29 heavy (non-hydrogen) atoms. The minimum Gasteiger partial charge on any atom is -0.462 e. The number of aryl methyl sites for hydroxylation is 2. The molecule has 0 aliphatic rings. The second-order valence-electron chi connectivity index (χ2n) is 6.16. The van der Waals surface area contributed by atoms with Crippen molar-refractivity contribution in [3.63, 3.8) is 0 Å². The van der Waals surface area contributed by atoms with Crippen molar-refractivity contribution in [1.82, 2.24) is 9.55 Å². The largest absolute Gasteiger partial charge is 0.462 e. The molecule has 0 bridgehead atoms. The molecule has 0 aromatic carbocycles. The van der Waals surface area contributed by atoms with Crippen LogP contribution in [0, 0.1) is 20.8 Å². The van der Waals surface area contributed by atoms with E-state index in [4.69, 9.17) is 9.47 Å². The summed E-state index contributed by atoms with van der Waals surface area (Å²) >= 11 is 0.928. The zero-order chi connectivity index (χ0) is 21.7. The van der Waals surface area contributed by atoms with E-state index in [1.807, 2.05) is 0 Å². The SMILES string of the molecule is CCOC(=O)c1sc(NC(=O)Cn2c(C)cc(C)nc2=O)c(C(=O)OCC)c1C. The van der Waals surface area contributed by atoms with Gasteiger partial charge < -0.3 is 14.8 Å². The Morgan fingerprint density at radius 3 is 2.31 bits per heavy atom. The van der Waals surface area contributed by atoms with Gasteiger partial charge in [0.25, 0.3) is 0 Å². The Bertz CT molecular complexity index is 1010. The number of nitrogens with zero attached hydrogens (tertiary/aromatic N) is 2. The number of amides is 1. The Balaban J connectivity index is 2.36. The van der Waals surface area contributed by atoms with E-state index in [2.05, 4.69) is 10.3 Å². The monoisotopic (exact) mass is 421 g/mol. The summed E-state index contributed by atoms with van der Waals surface area (Å²) < 4.78 is 11.3. The first-order valence-corrected chi connectivity index (χ1v) is 9.83. The van der Waals surface area contributed by atoms with Crippen LogP contribution in [-0.4, -0.2) is 40.6 Å². The van der Waals surface area contributed by atoms with Gasteiger partial charge in [-0.1, -0.05) is 0 Å². The number of anilines is 1. The number of carbonyl (C=O) groups excluding carboxylic acids is 3. The summed E-state index contributed by atoms with van der Waals surface area (Å²) in [6.45, 7) is 8.33. The van der Waals surface area contributed by atoms with Crippen LogP contribution in [0.25, 0.3) is 0 Å². The van der Waals surface area contributed by atoms with Crippen molar-refractivity contribution in [3.05, 3.63) is 43.9 Å². The Morgan fingerprint density at radius 2 is 1.72 bits per heavy atom. The molecule has 0 fully saturated rings. The molecule has 2 aromatic heterocycles. The zero-order valence-corrected chi connectivity index (χ0v) is 17.8. The van der Waals surface area contributed by atoms with Gasteiger partial charge in [0.05, 0.1) is 18.8 Å². The number of rotatable bonds is 7. The quantitative estimate of drug-likeness (QED) is 0.681. The molecule has 0 unspecified atom stereocenters. The molecule has 0 radical (unpaired) electrons. The molecule has 0 aliphatic carbocycles. The molecule has 0 atom stereocenters. The Labute approximate surface area is 171 Å². The van der Waals surface area contributed by atoms with E-state index in [-0.39, 0.29) is 35.2 Å². The van der Waals surface area contributed by atoms with E-state index < -0.39 is 23.5 Å². The second-order valence-corrected chi connectivity index (χ2v) is 7.18. The molecular weight excluding hydrogens is 398 g/mol. The van der Waals surface area contributed by atoms with Crippen molar-refractivity contribution in [2.75, 3.05) is 18.5 Å². The van der Waals surface area contributed by atoms with Gasteiger partial charge in [-0.2, -0.15) is 4.98 Å². The summed E-state index contributed by atoms with van der Waals surface area (Å²) in [5, 5.41) is 2.78. The number of hydrogen-bond donors (Lipinski definition) is 1. The van der Waals surface area contributed by atoms with Crippen LogP contribution in [0.15, 0.2) is 10.9 Å². The van der Waals surface area contributed by atoms with Gasteiger partial charge in [-0.05, 0) is 46.2 Å². The van der Waals surface area contributed by atoms with Crippen molar-refractivity contribution in [1.29, 1.82) is 0 Å². The number of esters is 2. The van der Waals surface area contributed by atoms with E-state index >= 15 is 0 Å². The predicted octanol–water partition coefficient (Wildman–Crippen LogP) is 2.22. The molecule has 0 spiro atoms. The fraction of sp³-hybridized carbons (Fsp3) is 0.421. The lowest BCUT2D eigenvalue weighted by Crippen LogP contribution is -2.31. The fourth-order valence-electron chi connectivity index (χ4n) is 2.72. The maximum atomic E-state index is 12.6. The minimum atomic E-state index is -0.655. The molecule has 1 amide bonds. The Hall–Kier alpha value is -3.01. The number of hydrogen-bond acceptors (Lipinski definition) is 8. The van der Waals surface area contributed by atoms with Crippen molar-refractivity contribution in [3.8, 4) is 0 Å². The van der Waals surface area contributed by atoms with Crippen molar-refractivity contribution < 1.29 is 23.9 Å². The summed E-state index contributed by atoms with van der Waals surface area (Å²) in [6, 6.07) is 1.69. The average molecular weight is 421 g/mol. The number of aromatic nitrogens is 2. The first-order valence-electron chi connectivity index (χ1n) is 9.02. The molecule has 2 heterocycles. The molecule has 1 N–H and O–H groups in total. The number of nitrogens with one attached hydrogen (secondary N) is 1. The summed E-state index contributed by atoms with van der Waals surface area (Å²) in [5.74, 6) is -1.78. The summed E-state index contributed by atoms with van der Waals surface area (Å²) in [7, 11) is 0. The van der Waals surface area contributed by atoms with Gasteiger partial charge >= 0.3 is 17.6 Å². The molecular formula is C19H23N3O6S. The van der Waals surface area contributed by atoms with Crippen LogP contribution in [0.5, 0.6) is 0 Å². The van der Waals surface area contributed by atoms with Crippen molar-refractivity contribution in [2.24, 2.45) is 0 Å². The van der Waals surface area contributed by atoms with Crippen LogP contribution >= 0.6 is 11.3 Å². The lowest BCUT2D eigenvalue weighted by atomic mass is 10.1. The van der Waals surface area contributed by atoms with Gasteiger partial charge in [0.15, 0.2) is 0 Å². The predicted molar refractivity (Wildman–Crippen MR) is 108 cm³/mol. The molecule has 156 valence electrons. The molecule has 2 aromatic rings. The highest BCUT2D eigenvalue weighted by Gasteiger charge is 2.27. The van der Waals surface area contributed by atoms with E-state index in [9.17, 15) is 19.2 Å². The minimum absolute atomic E-state index is 0.0966. The Morgan fingerprint density at radius 1 is 1.10 bits per heavy atom. The summed E-state index contributed by atoms with van der Waals surface area (Å²) in [4.78, 5) is 53.2. The molecule has 0 saturated heterocycles. The first kappa shape index (κ1) is 22.3. The maximum Gasteiger partial charge on any atom is 0.348 e. The summed E-state index contributed by atoms with van der Waals surface area (Å²) in [6.07, 6.45) is 0. The lowest BCUT2D eigenvalue weighted by molar-refractivity contribution is -0.116. The van der Waals surface area contributed by atoms with Gasteiger partial charge in [-0.15, -0.1) is 11.3 Å². The van der Waals surface area contributed by atoms with Crippen molar-refractivity contribution >= 4 is 34.2 Å². The first-order chi connectivity index (χ1) is 13.7. The van der Waals surface area contributed by atoms with Crippen LogP contribution in [-0.2, 0) is 20.8 Å². The van der Waals surface area contributed by atoms with Gasteiger partial charge in [0, 0.05) is 11.4 Å². The number of ether oxygens (including phenoxy) is 2. The Kier molecular flexibility index (Phi) is 7.27. The van der Waals surface area contributed by atoms with Gasteiger partial charge in [-0.25, -0.2) is 14.4 Å². The molecule has 0 saturated carbocycles. The van der Waals surface area contributed by atoms with Crippen LogP contribution in [0.3, 0.4) is 0 Å². The summed E-state index contributed by atoms with van der Waals surface area (Å²) in [5.41, 5.74) is 1.06. The van der Waals surface area contributed by atoms with Gasteiger partial charge in [0.2, 0.25) is 5.91 Å². The van der Waals surface area contributed by atoms with Gasteiger partial charge in [0.1, 0.15) is 16.4 Å². The van der Waals surface area contributed by atoms with E-state index in [0.717, 1.165) is 11.3 Å². The van der Waals surface area contributed by atoms with E-state index in [0.29, 0.717) is 17.0 Å².